The lowest BCUT2D eigenvalue weighted by Crippen LogP contribution is -2.24. The Morgan fingerprint density at radius 2 is 2.21 bits per heavy atom. The first kappa shape index (κ1) is 20.6. The summed E-state index contributed by atoms with van der Waals surface area (Å²) in [7, 11) is 0. The van der Waals surface area contributed by atoms with Crippen molar-refractivity contribution >= 4 is 11.9 Å². The van der Waals surface area contributed by atoms with E-state index < -0.39 is 0 Å². The molecule has 1 saturated carbocycles. The second kappa shape index (κ2) is 10.4. The molecule has 0 aromatic heterocycles. The molecule has 2 aliphatic rings. The predicted molar refractivity (Wildman–Crippen MR) is 114 cm³/mol. The number of benzene rings is 1. The first-order valence-corrected chi connectivity index (χ1v) is 10.3. The van der Waals surface area contributed by atoms with E-state index in [-0.39, 0.29) is 12.2 Å². The number of hydrazone groups is 1. The normalized spacial score (nSPS) is 21.4. The molecule has 28 heavy (non-hydrogen) atoms. The average Bonchev–Trinajstić information content (AvgIpc) is 3.55. The van der Waals surface area contributed by atoms with Crippen LogP contribution in [0.15, 0.2) is 28.3 Å². The summed E-state index contributed by atoms with van der Waals surface area (Å²) in [5.74, 6) is 12.9. The highest BCUT2D eigenvalue weighted by molar-refractivity contribution is 6.32. The molecule has 1 aliphatic carbocycles. The zero-order chi connectivity index (χ0) is 19.8. The number of aliphatic imine (C=N–C) groups is 1. The lowest BCUT2D eigenvalue weighted by Gasteiger charge is -2.21. The lowest BCUT2D eigenvalue weighted by molar-refractivity contribution is 0.0226. The molecule has 0 amide bonds. The third kappa shape index (κ3) is 5.92. The quantitative estimate of drug-likeness (QED) is 0.338. The highest BCUT2D eigenvalue weighted by Gasteiger charge is 2.21. The fraction of sp³-hybridized carbons (Fsp3) is 0.565. The SMILES string of the molecule is CCOC(/C(C=NCC1CCCCO1)=N/N)c1cc(C#CC2CC2)ccc1C. The average molecular weight is 382 g/mol. The van der Waals surface area contributed by atoms with Crippen molar-refractivity contribution in [1.29, 1.82) is 0 Å². The Kier molecular flexibility index (Phi) is 7.64. The summed E-state index contributed by atoms with van der Waals surface area (Å²) in [5, 5.41) is 3.99. The summed E-state index contributed by atoms with van der Waals surface area (Å²) in [5.41, 5.74) is 3.78. The molecule has 1 aliphatic heterocycles. The van der Waals surface area contributed by atoms with Gasteiger partial charge in [0, 0.05) is 30.9 Å². The van der Waals surface area contributed by atoms with E-state index >= 15 is 0 Å². The molecular weight excluding hydrogens is 350 g/mol. The van der Waals surface area contributed by atoms with Gasteiger partial charge in [0.05, 0.1) is 12.6 Å². The van der Waals surface area contributed by atoms with Gasteiger partial charge in [-0.05, 0) is 69.2 Å². The first-order valence-electron chi connectivity index (χ1n) is 10.3. The predicted octanol–water partition coefficient (Wildman–Crippen LogP) is 3.79. The van der Waals surface area contributed by atoms with E-state index in [1.54, 1.807) is 6.21 Å². The molecule has 2 fully saturated rings. The molecule has 1 saturated heterocycles. The Bertz CT molecular complexity index is 766. The van der Waals surface area contributed by atoms with Crippen molar-refractivity contribution in [2.45, 2.75) is 58.2 Å². The fourth-order valence-electron chi connectivity index (χ4n) is 3.30. The van der Waals surface area contributed by atoms with Crippen LogP contribution in [0.1, 0.15) is 61.8 Å². The van der Waals surface area contributed by atoms with E-state index in [1.807, 2.05) is 6.92 Å². The van der Waals surface area contributed by atoms with E-state index in [0.717, 1.165) is 36.1 Å². The monoisotopic (exact) mass is 381 g/mol. The zero-order valence-corrected chi connectivity index (χ0v) is 17.0. The molecule has 0 radical (unpaired) electrons. The van der Waals surface area contributed by atoms with E-state index in [2.05, 4.69) is 47.1 Å². The maximum Gasteiger partial charge on any atom is 0.128 e. The highest BCUT2D eigenvalue weighted by atomic mass is 16.5. The topological polar surface area (TPSA) is 69.2 Å². The van der Waals surface area contributed by atoms with Gasteiger partial charge in [0.25, 0.3) is 0 Å². The van der Waals surface area contributed by atoms with Gasteiger partial charge in [0.1, 0.15) is 11.8 Å². The van der Waals surface area contributed by atoms with Crippen LogP contribution in [0.25, 0.3) is 0 Å². The standard InChI is InChI=1S/C23H31N3O2/c1-3-27-23(22(26-24)16-25-15-20-6-4-5-13-28-20)21-14-19(8-7-17(21)2)12-11-18-9-10-18/h7-8,14,16,18,20,23H,3-6,9-10,13,15,24H2,1-2H3/b25-16?,26-22+. The van der Waals surface area contributed by atoms with E-state index in [1.165, 1.54) is 19.3 Å². The molecule has 1 aromatic carbocycles. The van der Waals surface area contributed by atoms with E-state index in [9.17, 15) is 0 Å². The zero-order valence-electron chi connectivity index (χ0n) is 17.0. The van der Waals surface area contributed by atoms with Gasteiger partial charge >= 0.3 is 0 Å². The Morgan fingerprint density at radius 3 is 2.89 bits per heavy atom. The van der Waals surface area contributed by atoms with Crippen molar-refractivity contribution in [1.82, 2.24) is 0 Å². The molecule has 0 spiro atoms. The largest absolute Gasteiger partial charge is 0.376 e. The summed E-state index contributed by atoms with van der Waals surface area (Å²) in [6, 6.07) is 6.23. The van der Waals surface area contributed by atoms with Crippen LogP contribution in [0.4, 0.5) is 0 Å². The van der Waals surface area contributed by atoms with E-state index in [0.29, 0.717) is 24.8 Å². The Hall–Kier alpha value is -2.16. The molecular formula is C23H31N3O2. The van der Waals surface area contributed by atoms with Gasteiger partial charge < -0.3 is 15.3 Å². The van der Waals surface area contributed by atoms with Crippen LogP contribution in [0.3, 0.4) is 0 Å². The third-order valence-electron chi connectivity index (χ3n) is 5.12. The number of hydrogen-bond donors (Lipinski definition) is 1. The fourth-order valence-corrected chi connectivity index (χ4v) is 3.30. The van der Waals surface area contributed by atoms with Gasteiger partial charge in [0.15, 0.2) is 0 Å². The van der Waals surface area contributed by atoms with Crippen molar-refractivity contribution < 1.29 is 9.47 Å². The van der Waals surface area contributed by atoms with Crippen molar-refractivity contribution in [3.63, 3.8) is 0 Å². The molecule has 1 heterocycles. The third-order valence-corrected chi connectivity index (χ3v) is 5.12. The smallest absolute Gasteiger partial charge is 0.128 e. The summed E-state index contributed by atoms with van der Waals surface area (Å²) in [4.78, 5) is 4.55. The molecule has 2 unspecified atom stereocenters. The van der Waals surface area contributed by atoms with Crippen LogP contribution in [-0.2, 0) is 9.47 Å². The Labute approximate surface area is 168 Å². The van der Waals surface area contributed by atoms with Gasteiger partial charge in [-0.25, -0.2) is 0 Å². The summed E-state index contributed by atoms with van der Waals surface area (Å²) in [6.45, 7) is 6.05. The maximum absolute atomic E-state index is 6.02. The van der Waals surface area contributed by atoms with Crippen molar-refractivity contribution in [2.75, 3.05) is 19.8 Å². The molecule has 5 nitrogen and oxygen atoms in total. The number of nitrogens with two attached hydrogens (primary N) is 1. The minimum absolute atomic E-state index is 0.192. The molecule has 5 heteroatoms. The molecule has 150 valence electrons. The number of rotatable bonds is 7. The van der Waals surface area contributed by atoms with Crippen LogP contribution in [-0.4, -0.2) is 37.8 Å². The van der Waals surface area contributed by atoms with Crippen LogP contribution in [0, 0.1) is 24.7 Å². The minimum atomic E-state index is -0.353. The maximum atomic E-state index is 6.02. The number of aryl methyl sites for hydroxylation is 1. The second-order valence-electron chi connectivity index (χ2n) is 7.49. The number of ether oxygens (including phenoxy) is 2. The van der Waals surface area contributed by atoms with E-state index in [4.69, 9.17) is 15.3 Å². The summed E-state index contributed by atoms with van der Waals surface area (Å²) >= 11 is 0. The van der Waals surface area contributed by atoms with Crippen LogP contribution in [0.2, 0.25) is 0 Å². The molecule has 2 atom stereocenters. The van der Waals surface area contributed by atoms with Crippen LogP contribution in [0.5, 0.6) is 0 Å². The second-order valence-corrected chi connectivity index (χ2v) is 7.49. The highest BCUT2D eigenvalue weighted by Crippen LogP contribution is 2.28. The van der Waals surface area contributed by atoms with Gasteiger partial charge in [0.2, 0.25) is 0 Å². The van der Waals surface area contributed by atoms with Crippen LogP contribution < -0.4 is 5.84 Å². The molecule has 2 N–H and O–H groups in total. The van der Waals surface area contributed by atoms with Crippen molar-refractivity contribution in [3.8, 4) is 11.8 Å². The first-order chi connectivity index (χ1) is 13.7. The molecule has 0 bridgehead atoms. The van der Waals surface area contributed by atoms with Gasteiger partial charge in [-0.1, -0.05) is 17.9 Å². The number of nitrogens with zero attached hydrogens (tertiary/aromatic N) is 2. The lowest BCUT2D eigenvalue weighted by atomic mass is 9.97. The van der Waals surface area contributed by atoms with Crippen molar-refractivity contribution in [2.24, 2.45) is 21.9 Å². The number of hydrogen-bond acceptors (Lipinski definition) is 5. The van der Waals surface area contributed by atoms with Gasteiger partial charge in [-0.2, -0.15) is 5.10 Å². The summed E-state index contributed by atoms with van der Waals surface area (Å²) < 4.78 is 11.8. The molecule has 1 aromatic rings. The van der Waals surface area contributed by atoms with Crippen molar-refractivity contribution in [3.05, 3.63) is 34.9 Å². The molecule has 3 rings (SSSR count). The minimum Gasteiger partial charge on any atom is -0.376 e. The van der Waals surface area contributed by atoms with Gasteiger partial charge in [-0.3, -0.25) is 4.99 Å². The summed E-state index contributed by atoms with van der Waals surface area (Å²) in [6.07, 6.45) is 7.42. The van der Waals surface area contributed by atoms with Crippen LogP contribution >= 0.6 is 0 Å². The Balaban J connectivity index is 1.76. The Morgan fingerprint density at radius 1 is 1.36 bits per heavy atom. The van der Waals surface area contributed by atoms with Gasteiger partial charge in [-0.15, -0.1) is 0 Å².